The lowest BCUT2D eigenvalue weighted by Crippen LogP contribution is -2.61. The average molecular weight is 1350 g/mol. The fraction of sp³-hybridized carbons (Fsp3) is 0.619. The van der Waals surface area contributed by atoms with Crippen LogP contribution in [0.15, 0.2) is 36.7 Å². The number of primary amides is 4. The predicted molar refractivity (Wildman–Crippen MR) is 353 cm³/mol. The second-order valence-electron chi connectivity index (χ2n) is 25.8. The van der Waals surface area contributed by atoms with Crippen molar-refractivity contribution in [2.24, 2.45) is 52.3 Å². The van der Waals surface area contributed by atoms with Crippen LogP contribution in [0.2, 0.25) is 0 Å². The van der Waals surface area contributed by atoms with Crippen LogP contribution in [0.4, 0.5) is 0 Å². The van der Waals surface area contributed by atoms with Crippen molar-refractivity contribution in [3.05, 3.63) is 47.9 Å². The molecule has 0 spiro atoms. The molecule has 4 rings (SSSR count). The first kappa shape index (κ1) is 79.0. The number of aromatic nitrogens is 4. The number of hydrogen-bond acceptors (Lipinski definition) is 18. The van der Waals surface area contributed by atoms with Gasteiger partial charge in [-0.15, -0.1) is 5.10 Å². The molecule has 96 heavy (non-hydrogen) atoms. The van der Waals surface area contributed by atoms with Crippen LogP contribution in [0.1, 0.15) is 156 Å². The number of aryl methyl sites for hydroxylation is 2. The van der Waals surface area contributed by atoms with Gasteiger partial charge >= 0.3 is 0 Å². The van der Waals surface area contributed by atoms with E-state index in [1.807, 2.05) is 6.07 Å². The van der Waals surface area contributed by atoms with Crippen molar-refractivity contribution >= 4 is 93.4 Å². The zero-order valence-corrected chi connectivity index (χ0v) is 55.9. The maximum Gasteiger partial charge on any atom is 0.243 e. The molecule has 33 nitrogen and oxygen atoms in total. The Morgan fingerprint density at radius 2 is 1.24 bits per heavy atom. The summed E-state index contributed by atoms with van der Waals surface area (Å²) in [4.78, 5) is 182. The third-order valence-electron chi connectivity index (χ3n) is 15.9. The lowest BCUT2D eigenvalue weighted by Gasteiger charge is -2.29. The highest BCUT2D eigenvalue weighted by atomic mass is 16.2. The van der Waals surface area contributed by atoms with Gasteiger partial charge in [0, 0.05) is 55.1 Å². The number of guanidine groups is 1. The van der Waals surface area contributed by atoms with Crippen LogP contribution in [-0.4, -0.2) is 163 Å². The molecule has 3 aromatic rings. The molecule has 1 aromatic carbocycles. The monoisotopic (exact) mass is 1340 g/mol. The highest BCUT2D eigenvalue weighted by Gasteiger charge is 2.38. The summed E-state index contributed by atoms with van der Waals surface area (Å²) in [6.45, 7) is 12.8. The van der Waals surface area contributed by atoms with Gasteiger partial charge in [-0.1, -0.05) is 84.7 Å². The number of ketones is 2. The normalized spacial score (nSPS) is 22.2. The van der Waals surface area contributed by atoms with Gasteiger partial charge in [0.1, 0.15) is 36.3 Å². The van der Waals surface area contributed by atoms with Crippen molar-refractivity contribution < 1.29 is 62.3 Å². The number of nitrogens with zero attached hydrogens (tertiary/aromatic N) is 3. The number of H-pyrrole nitrogens is 1. The van der Waals surface area contributed by atoms with Gasteiger partial charge < -0.3 is 76.2 Å². The number of hydrazine groups is 1. The van der Waals surface area contributed by atoms with Crippen LogP contribution >= 0.6 is 0 Å². The van der Waals surface area contributed by atoms with Crippen LogP contribution < -0.4 is 82.1 Å². The highest BCUT2D eigenvalue weighted by molar-refractivity contribution is 6.41. The van der Waals surface area contributed by atoms with Crippen LogP contribution in [0.3, 0.4) is 0 Å². The van der Waals surface area contributed by atoms with Gasteiger partial charge in [-0.3, -0.25) is 72.4 Å². The lowest BCUT2D eigenvalue weighted by molar-refractivity contribution is -0.141. The molecule has 2 aromatic heterocycles. The largest absolute Gasteiger partial charge is 0.370 e. The summed E-state index contributed by atoms with van der Waals surface area (Å²) in [5, 5.41) is 38.1. The average Bonchev–Trinajstić information content (AvgIpc) is 1.62. The number of rotatable bonds is 24. The van der Waals surface area contributed by atoms with Crippen molar-refractivity contribution in [3.8, 4) is 0 Å². The van der Waals surface area contributed by atoms with E-state index in [-0.39, 0.29) is 94.5 Å². The van der Waals surface area contributed by atoms with E-state index in [1.165, 1.54) is 0 Å². The second-order valence-corrected chi connectivity index (χ2v) is 25.8. The minimum Gasteiger partial charge on any atom is -0.370 e. The van der Waals surface area contributed by atoms with Gasteiger partial charge in [0.25, 0.3) is 0 Å². The Labute approximate surface area is 557 Å². The Morgan fingerprint density at radius 1 is 0.646 bits per heavy atom. The molecule has 10 atom stereocenters. The number of fused-ring (bicyclic) bond motifs is 3. The molecule has 2 unspecified atom stereocenters. The van der Waals surface area contributed by atoms with Gasteiger partial charge in [0.15, 0.2) is 5.96 Å². The molecule has 1 aliphatic heterocycles. The third-order valence-corrected chi connectivity index (χ3v) is 15.9. The van der Waals surface area contributed by atoms with Crippen LogP contribution in [-0.2, 0) is 81.7 Å². The van der Waals surface area contributed by atoms with Gasteiger partial charge in [-0.25, -0.2) is 10.9 Å². The Balaban J connectivity index is 1.83. The lowest BCUT2D eigenvalue weighted by atomic mass is 9.92. The van der Waals surface area contributed by atoms with E-state index < -0.39 is 156 Å². The first-order valence-corrected chi connectivity index (χ1v) is 32.7. The molecule has 1 aliphatic rings. The van der Waals surface area contributed by atoms with Crippen LogP contribution in [0.25, 0.3) is 10.9 Å². The molecular weight excluding hydrogens is 1240 g/mol. The van der Waals surface area contributed by atoms with Gasteiger partial charge in [-0.2, -0.15) is 0 Å². The fourth-order valence-electron chi connectivity index (χ4n) is 10.9. The zero-order valence-electron chi connectivity index (χ0n) is 55.9. The zero-order chi connectivity index (χ0) is 71.3. The van der Waals surface area contributed by atoms with E-state index >= 15 is 4.79 Å². The smallest absolute Gasteiger partial charge is 0.243 e. The second kappa shape index (κ2) is 39.5. The molecule has 0 aliphatic carbocycles. The number of nitrogens with one attached hydrogen (secondary N) is 12. The molecule has 0 saturated carbocycles. The van der Waals surface area contributed by atoms with Crippen molar-refractivity contribution in [2.75, 3.05) is 6.54 Å². The fourth-order valence-corrected chi connectivity index (χ4v) is 10.9. The summed E-state index contributed by atoms with van der Waals surface area (Å²) < 4.78 is 1.63. The number of benzene rings is 1. The van der Waals surface area contributed by atoms with E-state index in [0.717, 1.165) is 0 Å². The number of aromatic amines is 1. The third kappa shape index (κ3) is 27.5. The summed E-state index contributed by atoms with van der Waals surface area (Å²) in [5.41, 5.74) is 34.9. The van der Waals surface area contributed by atoms with Gasteiger partial charge in [0.05, 0.1) is 36.7 Å². The number of nitrogens with two attached hydrogens (primary N) is 5. The highest BCUT2D eigenvalue weighted by Crippen LogP contribution is 2.21. The number of hydrogen-bond donors (Lipinski definition) is 17. The minimum atomic E-state index is -1.59. The van der Waals surface area contributed by atoms with Gasteiger partial charge in [0.2, 0.25) is 76.5 Å². The van der Waals surface area contributed by atoms with Crippen molar-refractivity contribution in [1.82, 2.24) is 73.4 Å². The molecule has 530 valence electrons. The Bertz CT molecular complexity index is 3200. The molecule has 3 heterocycles. The molecule has 2 bridgehead atoms. The molecule has 33 heteroatoms. The molecule has 22 N–H and O–H groups in total. The van der Waals surface area contributed by atoms with E-state index in [2.05, 4.69) is 68.7 Å². The topological polar surface area (TPSA) is 543 Å². The van der Waals surface area contributed by atoms with Crippen molar-refractivity contribution in [3.63, 3.8) is 0 Å². The molecule has 0 saturated heterocycles. The SMILES string of the molecule is CC(C)CC1NC(=O)[C@H](CC(N)=O)NC(=O)[C@H](C)CCCCCn2cc(nn2)CCC[C@@H](C(=O)N[C@@H](CCC(N)=O)C(=O)N[C@@H](CC(N)=O)C(N)=O)NN[C@@H](CC(C)C)C(=O)C(=O)[C@H](CC(C)C)NC(=O)C(CCCNC(=N)N)NC(=O)[C@H](Cc2c[nH]c3ccccc23)NC1=O. The van der Waals surface area contributed by atoms with Crippen molar-refractivity contribution in [1.29, 1.82) is 5.41 Å². The summed E-state index contributed by atoms with van der Waals surface area (Å²) >= 11 is 0. The summed E-state index contributed by atoms with van der Waals surface area (Å²) in [5.74, 6) is -13.7. The van der Waals surface area contributed by atoms with Crippen molar-refractivity contribution in [2.45, 2.75) is 219 Å². The number of carbonyl (C=O) groups is 13. The number of amides is 11. The first-order valence-electron chi connectivity index (χ1n) is 32.7. The number of Topliss-reactive ketones (excluding diaryl/α,β-unsaturated/α-hetero) is 2. The van der Waals surface area contributed by atoms with E-state index in [1.54, 1.807) is 83.7 Å². The van der Waals surface area contributed by atoms with E-state index in [9.17, 15) is 57.5 Å². The Kier molecular flexibility index (Phi) is 32.5. The number of para-hydroxylation sites is 1. The predicted octanol–water partition coefficient (Wildman–Crippen LogP) is -2.20. The molecule has 0 fully saturated rings. The molecular formula is C63H100N20O13. The van der Waals surface area contributed by atoms with Crippen LogP contribution in [0.5, 0.6) is 0 Å². The summed E-state index contributed by atoms with van der Waals surface area (Å²) in [6, 6.07) is -5.97. The Hall–Kier alpha value is -9.40. The molecule has 11 amide bonds. The standard InChI is InChI=1S/C63H100N20O13/c1-33(2)25-44-53(87)54(88)45(26-34(3)4)81-80-43(59(93)73-42(21-22-50(64)84)58(92)75-46(55(67)89)29-51(65)85)19-13-16-38-32-83(82-79-38)24-12-8-9-15-36(7)56(90)76-49(30-52(66)86)62(96)77-47(27-35(5)6)60(94)78-48(28-37-31-71-40-18-11-10-17-39(37)40)61(95)72-41(57(91)74-44)20-14-23-70-63(68)69/h10-11,17-18,31-36,41-49,71,80-81H,8-9,12-16,19-30H2,1-7H3,(H2,64,84)(H2,65,85)(H2,66,86)(H2,67,89)(H,72,95)(H,73,93)(H,74,91)(H,75,92)(H,76,90)(H,77,96)(H,78,94)(H4,68,69,70)/t36-,41?,42+,43+,44+,45+,46+,47?,48+,49+/m1/s1. The summed E-state index contributed by atoms with van der Waals surface area (Å²) in [6.07, 6.45) is 3.62. The first-order chi connectivity index (χ1) is 45.3. The molecule has 0 radical (unpaired) electrons. The van der Waals surface area contributed by atoms with E-state index in [4.69, 9.17) is 34.1 Å². The quantitative estimate of drug-likeness (QED) is 0.0196. The minimum absolute atomic E-state index is 0.00948. The Morgan fingerprint density at radius 3 is 1.89 bits per heavy atom. The number of carbonyl (C=O) groups excluding carboxylic acids is 13. The maximum absolute atomic E-state index is 15.0. The van der Waals surface area contributed by atoms with Crippen LogP contribution in [0, 0.1) is 29.1 Å². The maximum atomic E-state index is 15.0. The summed E-state index contributed by atoms with van der Waals surface area (Å²) in [7, 11) is 0. The van der Waals surface area contributed by atoms with Gasteiger partial charge in [-0.05, 0) is 100 Å². The van der Waals surface area contributed by atoms with E-state index in [0.29, 0.717) is 54.4 Å².